The second-order valence-corrected chi connectivity index (χ2v) is 5.12. The van der Waals surface area contributed by atoms with E-state index in [1.54, 1.807) is 0 Å². The minimum atomic E-state index is -0.900. The number of halogens is 2. The molecule has 1 heterocycles. The maximum atomic E-state index is 13.5. The Balaban J connectivity index is 2.13. The van der Waals surface area contributed by atoms with Gasteiger partial charge in [-0.2, -0.15) is 0 Å². The van der Waals surface area contributed by atoms with Crippen LogP contribution in [0.25, 0.3) is 0 Å². The zero-order valence-electron chi connectivity index (χ0n) is 10.4. The molecule has 0 aromatic heterocycles. The Morgan fingerprint density at radius 2 is 2.00 bits per heavy atom. The molecule has 0 bridgehead atoms. The quantitative estimate of drug-likeness (QED) is 0.896. The lowest BCUT2D eigenvalue weighted by molar-refractivity contribution is -0.128. The molecule has 0 saturated carbocycles. The van der Waals surface area contributed by atoms with Crippen molar-refractivity contribution in [2.24, 2.45) is 5.41 Å². The number of hydrogen-bond acceptors (Lipinski definition) is 2. The predicted octanol–water partition coefficient (Wildman–Crippen LogP) is 2.47. The van der Waals surface area contributed by atoms with Crippen LogP contribution in [0.1, 0.15) is 25.3 Å². The minimum absolute atomic E-state index is 0.00602. The van der Waals surface area contributed by atoms with Crippen LogP contribution in [0.4, 0.5) is 8.78 Å². The van der Waals surface area contributed by atoms with Crippen molar-refractivity contribution in [1.29, 1.82) is 0 Å². The third kappa shape index (κ3) is 2.58. The SMILES string of the molecule is CC1(C(=O)Cc2cccc(F)c2F)CCNCC1. The third-order valence-corrected chi connectivity index (χ3v) is 3.76. The fraction of sp³-hybridized carbons (Fsp3) is 0.500. The van der Waals surface area contributed by atoms with Crippen molar-refractivity contribution in [1.82, 2.24) is 5.32 Å². The average molecular weight is 253 g/mol. The van der Waals surface area contributed by atoms with Gasteiger partial charge in [-0.25, -0.2) is 8.78 Å². The lowest BCUT2D eigenvalue weighted by Crippen LogP contribution is -2.40. The van der Waals surface area contributed by atoms with E-state index in [0.717, 1.165) is 32.0 Å². The normalized spacial score (nSPS) is 18.6. The number of benzene rings is 1. The second kappa shape index (κ2) is 5.14. The number of nitrogens with one attached hydrogen (secondary N) is 1. The number of Topliss-reactive ketones (excluding diaryl/α,β-unsaturated/α-hetero) is 1. The van der Waals surface area contributed by atoms with E-state index >= 15 is 0 Å². The van der Waals surface area contributed by atoms with E-state index in [1.807, 2.05) is 6.92 Å². The summed E-state index contributed by atoms with van der Waals surface area (Å²) in [6, 6.07) is 3.97. The summed E-state index contributed by atoms with van der Waals surface area (Å²) in [4.78, 5) is 12.2. The molecular formula is C14H17F2NO. The molecule has 1 aromatic carbocycles. The molecule has 0 unspecified atom stereocenters. The van der Waals surface area contributed by atoms with Crippen LogP contribution < -0.4 is 5.32 Å². The van der Waals surface area contributed by atoms with Crippen LogP contribution in [0, 0.1) is 17.0 Å². The van der Waals surface area contributed by atoms with Gasteiger partial charge in [-0.3, -0.25) is 4.79 Å². The van der Waals surface area contributed by atoms with Crippen LogP contribution in [0.15, 0.2) is 18.2 Å². The van der Waals surface area contributed by atoms with E-state index in [4.69, 9.17) is 0 Å². The first-order valence-electron chi connectivity index (χ1n) is 6.20. The molecule has 1 N–H and O–H groups in total. The zero-order chi connectivity index (χ0) is 13.2. The Bertz CT molecular complexity index is 453. The fourth-order valence-electron chi connectivity index (χ4n) is 2.33. The van der Waals surface area contributed by atoms with Crippen molar-refractivity contribution in [3.05, 3.63) is 35.4 Å². The molecule has 0 atom stereocenters. The monoisotopic (exact) mass is 253 g/mol. The van der Waals surface area contributed by atoms with Crippen LogP contribution in [0.2, 0.25) is 0 Å². The highest BCUT2D eigenvalue weighted by Crippen LogP contribution is 2.30. The number of carbonyl (C=O) groups excluding carboxylic acids is 1. The Kier molecular flexibility index (Phi) is 3.76. The van der Waals surface area contributed by atoms with Crippen molar-refractivity contribution in [3.8, 4) is 0 Å². The molecule has 2 nitrogen and oxygen atoms in total. The van der Waals surface area contributed by atoms with Crippen LogP contribution >= 0.6 is 0 Å². The summed E-state index contributed by atoms with van der Waals surface area (Å²) in [5, 5.41) is 3.19. The van der Waals surface area contributed by atoms with Crippen LogP contribution in [0.5, 0.6) is 0 Å². The van der Waals surface area contributed by atoms with Gasteiger partial charge in [-0.15, -0.1) is 0 Å². The summed E-state index contributed by atoms with van der Waals surface area (Å²) in [7, 11) is 0. The summed E-state index contributed by atoms with van der Waals surface area (Å²) >= 11 is 0. The van der Waals surface area contributed by atoms with Crippen molar-refractivity contribution < 1.29 is 13.6 Å². The standard InChI is InChI=1S/C14H17F2NO/c1-14(5-7-17-8-6-14)12(18)9-10-3-2-4-11(15)13(10)16/h2-4,17H,5-9H2,1H3. The molecule has 1 aliphatic rings. The van der Waals surface area contributed by atoms with Crippen molar-refractivity contribution >= 4 is 5.78 Å². The Hall–Kier alpha value is -1.29. The summed E-state index contributed by atoms with van der Waals surface area (Å²) in [6.07, 6.45) is 1.48. The molecule has 98 valence electrons. The van der Waals surface area contributed by atoms with Gasteiger partial charge in [-0.05, 0) is 37.6 Å². The van der Waals surface area contributed by atoms with E-state index in [0.29, 0.717) is 0 Å². The van der Waals surface area contributed by atoms with Gasteiger partial charge in [-0.1, -0.05) is 19.1 Å². The van der Waals surface area contributed by atoms with Gasteiger partial charge in [0.25, 0.3) is 0 Å². The molecule has 18 heavy (non-hydrogen) atoms. The highest BCUT2D eigenvalue weighted by atomic mass is 19.2. The van der Waals surface area contributed by atoms with E-state index in [9.17, 15) is 13.6 Å². The predicted molar refractivity (Wildman–Crippen MR) is 65.3 cm³/mol. The van der Waals surface area contributed by atoms with E-state index in [2.05, 4.69) is 5.32 Å². The zero-order valence-corrected chi connectivity index (χ0v) is 10.4. The van der Waals surface area contributed by atoms with Gasteiger partial charge in [0.15, 0.2) is 11.6 Å². The summed E-state index contributed by atoms with van der Waals surface area (Å²) in [5.74, 6) is -1.80. The Morgan fingerprint density at radius 3 is 2.67 bits per heavy atom. The maximum absolute atomic E-state index is 13.5. The van der Waals surface area contributed by atoms with E-state index < -0.39 is 17.0 Å². The lowest BCUT2D eigenvalue weighted by atomic mass is 9.75. The van der Waals surface area contributed by atoms with Crippen LogP contribution in [0.3, 0.4) is 0 Å². The maximum Gasteiger partial charge on any atom is 0.162 e. The molecule has 0 radical (unpaired) electrons. The van der Waals surface area contributed by atoms with Gasteiger partial charge < -0.3 is 5.32 Å². The first kappa shape index (κ1) is 13.1. The van der Waals surface area contributed by atoms with Crippen molar-refractivity contribution in [2.75, 3.05) is 13.1 Å². The van der Waals surface area contributed by atoms with Crippen LogP contribution in [-0.4, -0.2) is 18.9 Å². The summed E-state index contributed by atoms with van der Waals surface area (Å²) < 4.78 is 26.6. The summed E-state index contributed by atoms with van der Waals surface area (Å²) in [6.45, 7) is 3.51. The molecule has 1 aliphatic heterocycles. The lowest BCUT2D eigenvalue weighted by Gasteiger charge is -2.32. The molecule has 4 heteroatoms. The van der Waals surface area contributed by atoms with Gasteiger partial charge in [0.2, 0.25) is 0 Å². The minimum Gasteiger partial charge on any atom is -0.317 e. The molecule has 1 saturated heterocycles. The molecule has 0 amide bonds. The molecule has 0 spiro atoms. The summed E-state index contributed by atoms with van der Waals surface area (Å²) in [5.41, 5.74) is -0.260. The number of carbonyl (C=O) groups is 1. The molecule has 2 rings (SSSR count). The molecule has 0 aliphatic carbocycles. The van der Waals surface area contributed by atoms with Gasteiger partial charge in [0.05, 0.1) is 0 Å². The first-order valence-corrected chi connectivity index (χ1v) is 6.20. The fourth-order valence-corrected chi connectivity index (χ4v) is 2.33. The number of rotatable bonds is 3. The van der Waals surface area contributed by atoms with Crippen molar-refractivity contribution in [2.45, 2.75) is 26.2 Å². The highest BCUT2D eigenvalue weighted by molar-refractivity contribution is 5.86. The average Bonchev–Trinajstić information content (AvgIpc) is 2.36. The number of ketones is 1. The van der Waals surface area contributed by atoms with Gasteiger partial charge in [0.1, 0.15) is 5.78 Å². The number of piperidine rings is 1. The van der Waals surface area contributed by atoms with Crippen LogP contribution in [-0.2, 0) is 11.2 Å². The Morgan fingerprint density at radius 1 is 1.33 bits per heavy atom. The molecule has 1 aromatic rings. The highest BCUT2D eigenvalue weighted by Gasteiger charge is 2.34. The largest absolute Gasteiger partial charge is 0.317 e. The smallest absolute Gasteiger partial charge is 0.162 e. The first-order chi connectivity index (χ1) is 8.53. The number of hydrogen-bond donors (Lipinski definition) is 1. The third-order valence-electron chi connectivity index (χ3n) is 3.76. The molecule has 1 fully saturated rings. The van der Waals surface area contributed by atoms with Gasteiger partial charge >= 0.3 is 0 Å². The van der Waals surface area contributed by atoms with Crippen molar-refractivity contribution in [3.63, 3.8) is 0 Å². The topological polar surface area (TPSA) is 29.1 Å². The molecular weight excluding hydrogens is 236 g/mol. The van der Waals surface area contributed by atoms with Gasteiger partial charge in [0, 0.05) is 11.8 Å². The van der Waals surface area contributed by atoms with E-state index in [-0.39, 0.29) is 17.8 Å². The Labute approximate surface area is 105 Å². The second-order valence-electron chi connectivity index (χ2n) is 5.12. The van der Waals surface area contributed by atoms with E-state index in [1.165, 1.54) is 12.1 Å².